The summed E-state index contributed by atoms with van der Waals surface area (Å²) in [7, 11) is 0. The molecule has 0 saturated heterocycles. The standard InChI is InChI=1S/C18H14ClN3O2/c1-12-15(13-8-4-2-5-9-13)16(17(19)21-22(12)24)18(23)20-14-10-6-3-7-11-14/h2-11H,1H3,(H,20,23). The van der Waals surface area contributed by atoms with Crippen molar-refractivity contribution in [3.05, 3.63) is 82.3 Å². The number of rotatable bonds is 3. The molecule has 6 heteroatoms. The summed E-state index contributed by atoms with van der Waals surface area (Å²) < 4.78 is 0. The van der Waals surface area contributed by atoms with Gasteiger partial charge in [0.05, 0.1) is 11.1 Å². The minimum atomic E-state index is -0.416. The largest absolute Gasteiger partial charge is 0.594 e. The van der Waals surface area contributed by atoms with E-state index in [-0.39, 0.29) is 10.7 Å². The number of aromatic nitrogens is 2. The van der Waals surface area contributed by atoms with Crippen molar-refractivity contribution >= 4 is 23.2 Å². The average molecular weight is 340 g/mol. The molecule has 0 unspecified atom stereocenters. The van der Waals surface area contributed by atoms with Crippen LogP contribution >= 0.6 is 11.6 Å². The maximum absolute atomic E-state index is 12.7. The average Bonchev–Trinajstić information content (AvgIpc) is 2.59. The Balaban J connectivity index is 2.13. The lowest BCUT2D eigenvalue weighted by Gasteiger charge is -2.13. The Hall–Kier alpha value is -2.92. The van der Waals surface area contributed by atoms with Crippen LogP contribution in [0.2, 0.25) is 5.15 Å². The number of para-hydroxylation sites is 1. The van der Waals surface area contributed by atoms with Gasteiger partial charge in [-0.3, -0.25) is 4.79 Å². The SMILES string of the molecule is Cc1c(-c2ccccc2)c(C(=O)Nc2ccccc2)c(Cl)n[n+]1[O-]. The third kappa shape index (κ3) is 3.07. The van der Waals surface area contributed by atoms with Crippen molar-refractivity contribution in [3.8, 4) is 11.1 Å². The van der Waals surface area contributed by atoms with Crippen LogP contribution in [0.3, 0.4) is 0 Å². The summed E-state index contributed by atoms with van der Waals surface area (Å²) in [6.07, 6.45) is 0. The second-order valence-electron chi connectivity index (χ2n) is 5.19. The topological polar surface area (TPSA) is 68.9 Å². The van der Waals surface area contributed by atoms with Gasteiger partial charge in [-0.2, -0.15) is 0 Å². The van der Waals surface area contributed by atoms with E-state index in [9.17, 15) is 10.0 Å². The summed E-state index contributed by atoms with van der Waals surface area (Å²) >= 11 is 6.12. The Morgan fingerprint density at radius 2 is 1.67 bits per heavy atom. The van der Waals surface area contributed by atoms with E-state index >= 15 is 0 Å². The molecule has 1 aromatic heterocycles. The molecule has 0 atom stereocenters. The van der Waals surface area contributed by atoms with Crippen LogP contribution in [-0.4, -0.2) is 11.0 Å². The zero-order chi connectivity index (χ0) is 17.1. The highest BCUT2D eigenvalue weighted by molar-refractivity contribution is 6.34. The molecule has 1 heterocycles. The molecule has 0 spiro atoms. The Labute approximate surface area is 144 Å². The Kier molecular flexibility index (Phi) is 4.44. The summed E-state index contributed by atoms with van der Waals surface area (Å²) in [4.78, 5) is 13.2. The predicted molar refractivity (Wildman–Crippen MR) is 92.8 cm³/mol. The first-order valence-corrected chi connectivity index (χ1v) is 7.67. The molecule has 120 valence electrons. The van der Waals surface area contributed by atoms with Gasteiger partial charge < -0.3 is 10.5 Å². The van der Waals surface area contributed by atoms with E-state index in [1.165, 1.54) is 0 Å². The van der Waals surface area contributed by atoms with Crippen LogP contribution in [-0.2, 0) is 0 Å². The van der Waals surface area contributed by atoms with E-state index in [1.807, 2.05) is 48.5 Å². The van der Waals surface area contributed by atoms with Gasteiger partial charge in [-0.25, -0.2) is 0 Å². The lowest BCUT2D eigenvalue weighted by atomic mass is 9.99. The molecule has 0 aliphatic rings. The van der Waals surface area contributed by atoms with Gasteiger partial charge in [0.15, 0.2) is 0 Å². The van der Waals surface area contributed by atoms with Crippen LogP contribution in [0.1, 0.15) is 16.1 Å². The summed E-state index contributed by atoms with van der Waals surface area (Å²) in [6, 6.07) is 18.2. The summed E-state index contributed by atoms with van der Waals surface area (Å²) in [5.74, 6) is -0.416. The van der Waals surface area contributed by atoms with Gasteiger partial charge in [-0.1, -0.05) is 65.0 Å². The molecule has 1 amide bonds. The number of anilines is 1. The third-order valence-electron chi connectivity index (χ3n) is 3.60. The molecular weight excluding hydrogens is 326 g/mol. The van der Waals surface area contributed by atoms with E-state index in [2.05, 4.69) is 10.4 Å². The first-order chi connectivity index (χ1) is 11.6. The van der Waals surface area contributed by atoms with Gasteiger partial charge in [-0.05, 0) is 17.7 Å². The van der Waals surface area contributed by atoms with Gasteiger partial charge in [0, 0.05) is 17.7 Å². The number of hydrogen-bond donors (Lipinski definition) is 1. The first kappa shape index (κ1) is 16.0. The second-order valence-corrected chi connectivity index (χ2v) is 5.54. The molecule has 5 nitrogen and oxygen atoms in total. The van der Waals surface area contributed by atoms with Gasteiger partial charge in [0.2, 0.25) is 10.8 Å². The Bertz CT molecular complexity index is 884. The highest BCUT2D eigenvalue weighted by atomic mass is 35.5. The molecule has 0 saturated carbocycles. The highest BCUT2D eigenvalue weighted by Crippen LogP contribution is 2.29. The molecule has 0 aliphatic carbocycles. The van der Waals surface area contributed by atoms with Gasteiger partial charge in [-0.15, -0.1) is 0 Å². The highest BCUT2D eigenvalue weighted by Gasteiger charge is 2.26. The lowest BCUT2D eigenvalue weighted by Crippen LogP contribution is -2.37. The number of amides is 1. The first-order valence-electron chi connectivity index (χ1n) is 7.29. The number of benzene rings is 2. The molecule has 1 N–H and O–H groups in total. The van der Waals surface area contributed by atoms with E-state index in [1.54, 1.807) is 19.1 Å². The van der Waals surface area contributed by atoms with Crippen LogP contribution in [0.15, 0.2) is 60.7 Å². The monoisotopic (exact) mass is 339 g/mol. The summed E-state index contributed by atoms with van der Waals surface area (Å²) in [6.45, 7) is 1.61. The fraction of sp³-hybridized carbons (Fsp3) is 0.0556. The lowest BCUT2D eigenvalue weighted by molar-refractivity contribution is -0.674. The van der Waals surface area contributed by atoms with Gasteiger partial charge in [0.1, 0.15) is 0 Å². The van der Waals surface area contributed by atoms with Gasteiger partial charge >= 0.3 is 0 Å². The summed E-state index contributed by atoms with van der Waals surface area (Å²) in [5, 5.41) is 18.3. The van der Waals surface area contributed by atoms with Crippen molar-refractivity contribution < 1.29 is 9.64 Å². The zero-order valence-corrected chi connectivity index (χ0v) is 13.6. The van der Waals surface area contributed by atoms with E-state index in [4.69, 9.17) is 11.6 Å². The summed E-state index contributed by atoms with van der Waals surface area (Å²) in [5.41, 5.74) is 2.32. The molecule has 0 bridgehead atoms. The number of nitrogens with zero attached hydrogens (tertiary/aromatic N) is 2. The Morgan fingerprint density at radius 1 is 1.08 bits per heavy atom. The molecule has 0 radical (unpaired) electrons. The minimum Gasteiger partial charge on any atom is -0.594 e. The molecule has 2 aromatic carbocycles. The van der Waals surface area contributed by atoms with Crippen molar-refractivity contribution in [2.24, 2.45) is 0 Å². The van der Waals surface area contributed by atoms with Crippen molar-refractivity contribution in [1.29, 1.82) is 0 Å². The number of nitrogens with one attached hydrogen (secondary N) is 1. The molecule has 3 aromatic rings. The van der Waals surface area contributed by atoms with Crippen LogP contribution in [0.5, 0.6) is 0 Å². The van der Waals surface area contributed by atoms with Crippen molar-refractivity contribution in [3.63, 3.8) is 0 Å². The van der Waals surface area contributed by atoms with Crippen LogP contribution in [0.4, 0.5) is 5.69 Å². The predicted octanol–water partition coefficient (Wildman–Crippen LogP) is 3.60. The molecule has 3 rings (SSSR count). The molecule has 0 aliphatic heterocycles. The molecular formula is C18H14ClN3O2. The molecule has 0 fully saturated rings. The van der Waals surface area contributed by atoms with Gasteiger partial charge in [0.25, 0.3) is 5.91 Å². The van der Waals surface area contributed by atoms with Crippen LogP contribution in [0.25, 0.3) is 11.1 Å². The normalized spacial score (nSPS) is 10.4. The maximum atomic E-state index is 12.7. The zero-order valence-electron chi connectivity index (χ0n) is 12.9. The fourth-order valence-electron chi connectivity index (χ4n) is 2.46. The van der Waals surface area contributed by atoms with Crippen LogP contribution in [0, 0.1) is 12.1 Å². The number of halogens is 1. The second kappa shape index (κ2) is 6.68. The van der Waals surface area contributed by atoms with E-state index in [0.717, 1.165) is 5.56 Å². The Morgan fingerprint density at radius 3 is 2.29 bits per heavy atom. The van der Waals surface area contributed by atoms with E-state index < -0.39 is 5.91 Å². The van der Waals surface area contributed by atoms with Crippen LogP contribution < -0.4 is 10.2 Å². The number of carbonyl (C=O) groups excluding carboxylic acids is 1. The van der Waals surface area contributed by atoms with Crippen molar-refractivity contribution in [1.82, 2.24) is 5.10 Å². The van der Waals surface area contributed by atoms with E-state index in [0.29, 0.717) is 21.8 Å². The van der Waals surface area contributed by atoms with Crippen molar-refractivity contribution in [2.45, 2.75) is 6.92 Å². The maximum Gasteiger partial charge on any atom is 0.259 e. The molecule has 24 heavy (non-hydrogen) atoms. The quantitative estimate of drug-likeness (QED) is 0.585. The third-order valence-corrected chi connectivity index (χ3v) is 3.87. The smallest absolute Gasteiger partial charge is 0.259 e. The van der Waals surface area contributed by atoms with Crippen molar-refractivity contribution in [2.75, 3.05) is 5.32 Å². The fourth-order valence-corrected chi connectivity index (χ4v) is 2.71. The number of hydrogen-bond acceptors (Lipinski definition) is 3. The minimum absolute atomic E-state index is 0.136. The number of carbonyl (C=O) groups is 1.